The number of anilines is 1. The zero-order valence-electron chi connectivity index (χ0n) is 18.7. The third-order valence-corrected chi connectivity index (χ3v) is 6.39. The molecule has 33 heavy (non-hydrogen) atoms. The van der Waals surface area contributed by atoms with Crippen molar-refractivity contribution in [2.24, 2.45) is 0 Å². The molecule has 0 radical (unpaired) electrons. The van der Waals surface area contributed by atoms with Crippen molar-refractivity contribution >= 4 is 35.3 Å². The van der Waals surface area contributed by atoms with Gasteiger partial charge in [-0.2, -0.15) is 0 Å². The lowest BCUT2D eigenvalue weighted by atomic mass is 10.0. The number of carbonyl (C=O) groups is 5. The van der Waals surface area contributed by atoms with Gasteiger partial charge >= 0.3 is 5.97 Å². The van der Waals surface area contributed by atoms with Crippen LogP contribution in [-0.4, -0.2) is 90.2 Å². The van der Waals surface area contributed by atoms with Crippen LogP contribution in [0.4, 0.5) is 5.69 Å². The zero-order valence-corrected chi connectivity index (χ0v) is 18.7. The monoisotopic (exact) mass is 456 g/mol. The van der Waals surface area contributed by atoms with Gasteiger partial charge in [0.25, 0.3) is 17.7 Å². The highest BCUT2D eigenvalue weighted by Gasteiger charge is 2.47. The molecular weight excluding hydrogens is 428 g/mol. The number of nitrogens with zero attached hydrogens (tertiary/aromatic N) is 3. The van der Waals surface area contributed by atoms with Crippen LogP contribution in [0.25, 0.3) is 0 Å². The van der Waals surface area contributed by atoms with E-state index in [1.54, 1.807) is 25.2 Å². The molecule has 2 fully saturated rings. The first-order valence-corrected chi connectivity index (χ1v) is 11.3. The van der Waals surface area contributed by atoms with E-state index in [9.17, 15) is 24.0 Å². The van der Waals surface area contributed by atoms with Crippen molar-refractivity contribution in [3.8, 4) is 0 Å². The fourth-order valence-corrected chi connectivity index (χ4v) is 4.69. The molecule has 0 spiro atoms. The lowest BCUT2D eigenvalue weighted by Gasteiger charge is -2.34. The zero-order chi connectivity index (χ0) is 23.5. The lowest BCUT2D eigenvalue weighted by molar-refractivity contribution is -0.156. The first-order valence-electron chi connectivity index (χ1n) is 11.3. The molecule has 1 atom stereocenters. The van der Waals surface area contributed by atoms with Gasteiger partial charge in [0, 0.05) is 19.2 Å². The van der Waals surface area contributed by atoms with Gasteiger partial charge in [-0.1, -0.05) is 12.5 Å². The summed E-state index contributed by atoms with van der Waals surface area (Å²) in [4.78, 5) is 67.6. The molecule has 4 amide bonds. The predicted molar refractivity (Wildman–Crippen MR) is 117 cm³/mol. The Bertz CT molecular complexity index is 987. The number of piperidine rings is 2. The molecule has 10 nitrogen and oxygen atoms in total. The van der Waals surface area contributed by atoms with Crippen molar-refractivity contribution in [1.29, 1.82) is 0 Å². The van der Waals surface area contributed by atoms with Crippen LogP contribution in [0.3, 0.4) is 0 Å². The van der Waals surface area contributed by atoms with Gasteiger partial charge < -0.3 is 10.1 Å². The Labute approximate surface area is 191 Å². The maximum Gasteiger partial charge on any atom is 0.320 e. The Morgan fingerprint density at radius 1 is 1.09 bits per heavy atom. The molecule has 4 rings (SSSR count). The van der Waals surface area contributed by atoms with Crippen LogP contribution in [0.5, 0.6) is 0 Å². The standard InChI is InChI=1S/C23H28N4O6/c1-24-16-7-5-6-15-20(16)23(32)27(21(15)30)17-8-9-18(28)26(22(17)31)12-13-33-19(29)14-25-10-3-2-4-11-25/h5-7,17,24H,2-4,8-14H2,1H3. The van der Waals surface area contributed by atoms with Crippen LogP contribution in [0.1, 0.15) is 52.8 Å². The Hall–Kier alpha value is -3.27. The lowest BCUT2D eigenvalue weighted by Crippen LogP contribution is -2.56. The number of esters is 1. The third kappa shape index (κ3) is 4.47. The highest BCUT2D eigenvalue weighted by atomic mass is 16.5. The third-order valence-electron chi connectivity index (χ3n) is 6.39. The van der Waals surface area contributed by atoms with E-state index in [0.717, 1.165) is 42.2 Å². The van der Waals surface area contributed by atoms with Crippen molar-refractivity contribution in [3.63, 3.8) is 0 Å². The molecule has 1 aromatic carbocycles. The summed E-state index contributed by atoms with van der Waals surface area (Å²) in [6.45, 7) is 1.67. The van der Waals surface area contributed by atoms with Crippen molar-refractivity contribution in [1.82, 2.24) is 14.7 Å². The summed E-state index contributed by atoms with van der Waals surface area (Å²) in [6, 6.07) is 3.83. The number of fused-ring (bicyclic) bond motifs is 1. The van der Waals surface area contributed by atoms with Crippen molar-refractivity contribution in [2.75, 3.05) is 45.2 Å². The van der Waals surface area contributed by atoms with Gasteiger partial charge in [0.15, 0.2) is 0 Å². The number of ether oxygens (including phenoxy) is 1. The first kappa shape index (κ1) is 22.9. The molecule has 1 unspecified atom stereocenters. The molecule has 10 heteroatoms. The number of amides is 4. The van der Waals surface area contributed by atoms with E-state index in [2.05, 4.69) is 5.32 Å². The highest BCUT2D eigenvalue weighted by Crippen LogP contribution is 2.33. The van der Waals surface area contributed by atoms with Crippen LogP contribution in [0, 0.1) is 0 Å². The summed E-state index contributed by atoms with van der Waals surface area (Å²) < 4.78 is 5.25. The Morgan fingerprint density at radius 2 is 1.85 bits per heavy atom. The second-order valence-electron chi connectivity index (χ2n) is 8.45. The van der Waals surface area contributed by atoms with Gasteiger partial charge in [0.05, 0.1) is 24.2 Å². The summed E-state index contributed by atoms with van der Waals surface area (Å²) in [5, 5.41) is 2.90. The summed E-state index contributed by atoms with van der Waals surface area (Å²) in [5.74, 6) is -2.53. The van der Waals surface area contributed by atoms with Gasteiger partial charge in [0.1, 0.15) is 12.6 Å². The minimum Gasteiger partial charge on any atom is -0.463 e. The topological polar surface area (TPSA) is 116 Å². The van der Waals surface area contributed by atoms with Crippen molar-refractivity contribution in [2.45, 2.75) is 38.1 Å². The second kappa shape index (κ2) is 9.70. The number of rotatable bonds is 7. The number of hydrogen-bond acceptors (Lipinski definition) is 8. The summed E-state index contributed by atoms with van der Waals surface area (Å²) >= 11 is 0. The van der Waals surface area contributed by atoms with E-state index in [0.29, 0.717) is 5.69 Å². The second-order valence-corrected chi connectivity index (χ2v) is 8.45. The average molecular weight is 456 g/mol. The van der Waals surface area contributed by atoms with E-state index in [1.807, 2.05) is 4.90 Å². The number of benzene rings is 1. The van der Waals surface area contributed by atoms with E-state index in [-0.39, 0.29) is 43.7 Å². The molecular formula is C23H28N4O6. The Morgan fingerprint density at radius 3 is 2.58 bits per heavy atom. The van der Waals surface area contributed by atoms with Crippen LogP contribution >= 0.6 is 0 Å². The normalized spacial score (nSPS) is 21.4. The minimum atomic E-state index is -1.07. The molecule has 0 aliphatic carbocycles. The highest BCUT2D eigenvalue weighted by molar-refractivity contribution is 6.25. The van der Waals surface area contributed by atoms with Gasteiger partial charge in [-0.3, -0.25) is 38.7 Å². The molecule has 0 saturated carbocycles. The van der Waals surface area contributed by atoms with Gasteiger partial charge in [-0.15, -0.1) is 0 Å². The van der Waals surface area contributed by atoms with E-state index in [4.69, 9.17) is 4.74 Å². The molecule has 0 bridgehead atoms. The van der Waals surface area contributed by atoms with E-state index < -0.39 is 35.6 Å². The largest absolute Gasteiger partial charge is 0.463 e. The molecule has 3 heterocycles. The molecule has 176 valence electrons. The smallest absolute Gasteiger partial charge is 0.320 e. The number of likely N-dealkylation sites (tertiary alicyclic amines) is 2. The van der Waals surface area contributed by atoms with Gasteiger partial charge in [-0.05, 0) is 44.5 Å². The molecule has 0 aromatic heterocycles. The Kier molecular flexibility index (Phi) is 6.73. The Balaban J connectivity index is 1.39. The van der Waals surface area contributed by atoms with Crippen molar-refractivity contribution in [3.05, 3.63) is 29.3 Å². The van der Waals surface area contributed by atoms with Crippen molar-refractivity contribution < 1.29 is 28.7 Å². The van der Waals surface area contributed by atoms with Gasteiger partial charge in [-0.25, -0.2) is 0 Å². The number of imide groups is 2. The minimum absolute atomic E-state index is 0.0183. The fraction of sp³-hybridized carbons (Fsp3) is 0.522. The summed E-state index contributed by atoms with van der Waals surface area (Å²) in [7, 11) is 1.65. The molecule has 2 saturated heterocycles. The SMILES string of the molecule is CNc1cccc2c1C(=O)N(C1CCC(=O)N(CCOC(=O)CN3CCCCC3)C1=O)C2=O. The van der Waals surface area contributed by atoms with Crippen LogP contribution in [-0.2, 0) is 19.1 Å². The number of carbonyl (C=O) groups excluding carboxylic acids is 5. The quantitative estimate of drug-likeness (QED) is 0.475. The molecule has 1 N–H and O–H groups in total. The summed E-state index contributed by atoms with van der Waals surface area (Å²) in [6.07, 6.45) is 3.36. The maximum absolute atomic E-state index is 13.1. The van der Waals surface area contributed by atoms with Crippen LogP contribution < -0.4 is 5.32 Å². The van der Waals surface area contributed by atoms with E-state index in [1.165, 1.54) is 0 Å². The van der Waals surface area contributed by atoms with Gasteiger partial charge in [0.2, 0.25) is 5.91 Å². The first-order chi connectivity index (χ1) is 15.9. The predicted octanol–water partition coefficient (Wildman–Crippen LogP) is 0.871. The molecule has 1 aromatic rings. The number of nitrogens with one attached hydrogen (secondary N) is 1. The maximum atomic E-state index is 13.1. The van der Waals surface area contributed by atoms with Crippen LogP contribution in [0.15, 0.2) is 18.2 Å². The number of hydrogen-bond donors (Lipinski definition) is 1. The fourth-order valence-electron chi connectivity index (χ4n) is 4.69. The van der Waals surface area contributed by atoms with Crippen LogP contribution in [0.2, 0.25) is 0 Å². The van der Waals surface area contributed by atoms with E-state index >= 15 is 0 Å². The molecule has 3 aliphatic heterocycles. The average Bonchev–Trinajstić information content (AvgIpc) is 3.07. The molecule has 3 aliphatic rings. The summed E-state index contributed by atoms with van der Waals surface area (Å²) in [5.41, 5.74) is 0.966.